The number of rotatable bonds is 5. The van der Waals surface area contributed by atoms with E-state index in [9.17, 15) is 4.79 Å². The lowest BCUT2D eigenvalue weighted by Gasteiger charge is -2.15. The van der Waals surface area contributed by atoms with Gasteiger partial charge in [0.05, 0.1) is 12.4 Å². The van der Waals surface area contributed by atoms with Crippen molar-refractivity contribution in [2.24, 2.45) is 0 Å². The maximum atomic E-state index is 10.9. The first-order valence-corrected chi connectivity index (χ1v) is 6.34. The topological polar surface area (TPSA) is 55.1 Å². The molecule has 1 unspecified atom stereocenters. The zero-order chi connectivity index (χ0) is 12.3. The van der Waals surface area contributed by atoms with E-state index >= 15 is 0 Å². The minimum atomic E-state index is -0.859. The number of carboxylic acid groups (broad SMARTS) is 1. The Bertz CT molecular complexity index is 490. The van der Waals surface area contributed by atoms with E-state index in [1.54, 1.807) is 18.6 Å². The van der Waals surface area contributed by atoms with Crippen LogP contribution in [0.3, 0.4) is 0 Å². The van der Waals surface area contributed by atoms with Crippen molar-refractivity contribution in [2.45, 2.75) is 25.8 Å². The standard InChI is InChI=1S/C12H14N2O2S/c1-2-3-9(14-7-6-13-8-14)10-4-5-11(17-10)12(15)16/h4-9H,2-3H2,1H3,(H,15,16). The SMILES string of the molecule is CCCC(c1ccc(C(=O)O)s1)n1ccnc1. The molecule has 0 aliphatic rings. The third kappa shape index (κ3) is 2.55. The summed E-state index contributed by atoms with van der Waals surface area (Å²) in [5, 5.41) is 8.93. The molecule has 2 aromatic rings. The second-order valence-corrected chi connectivity index (χ2v) is 4.94. The minimum absolute atomic E-state index is 0.195. The van der Waals surface area contributed by atoms with E-state index < -0.39 is 5.97 Å². The Balaban J connectivity index is 2.29. The molecule has 5 heteroatoms. The van der Waals surface area contributed by atoms with Crippen LogP contribution >= 0.6 is 11.3 Å². The maximum absolute atomic E-state index is 10.9. The highest BCUT2D eigenvalue weighted by Crippen LogP contribution is 2.29. The molecule has 0 aliphatic heterocycles. The second-order valence-electron chi connectivity index (χ2n) is 3.82. The summed E-state index contributed by atoms with van der Waals surface area (Å²) in [6.45, 7) is 2.12. The quantitative estimate of drug-likeness (QED) is 0.887. The highest BCUT2D eigenvalue weighted by molar-refractivity contribution is 7.14. The predicted octanol–water partition coefficient (Wildman–Crippen LogP) is 3.03. The van der Waals surface area contributed by atoms with E-state index in [0.717, 1.165) is 17.7 Å². The average Bonchev–Trinajstić information content (AvgIpc) is 2.97. The number of imidazole rings is 1. The molecule has 0 saturated heterocycles. The fourth-order valence-electron chi connectivity index (χ4n) is 1.81. The van der Waals surface area contributed by atoms with Gasteiger partial charge in [0.25, 0.3) is 0 Å². The van der Waals surface area contributed by atoms with Gasteiger partial charge in [0.15, 0.2) is 0 Å². The van der Waals surface area contributed by atoms with Gasteiger partial charge in [0, 0.05) is 17.3 Å². The van der Waals surface area contributed by atoms with E-state index in [0.29, 0.717) is 4.88 Å². The van der Waals surface area contributed by atoms with Crippen LogP contribution < -0.4 is 0 Å². The van der Waals surface area contributed by atoms with Gasteiger partial charge < -0.3 is 9.67 Å². The van der Waals surface area contributed by atoms with Gasteiger partial charge >= 0.3 is 5.97 Å². The van der Waals surface area contributed by atoms with Gasteiger partial charge in [0.2, 0.25) is 0 Å². The fourth-order valence-corrected chi connectivity index (χ4v) is 2.80. The van der Waals surface area contributed by atoms with Crippen molar-refractivity contribution >= 4 is 17.3 Å². The van der Waals surface area contributed by atoms with Crippen LogP contribution in [0, 0.1) is 0 Å². The Labute approximate surface area is 104 Å². The maximum Gasteiger partial charge on any atom is 0.345 e. The molecule has 0 fully saturated rings. The first-order chi connectivity index (χ1) is 8.22. The van der Waals surface area contributed by atoms with Crippen LogP contribution in [0.4, 0.5) is 0 Å². The van der Waals surface area contributed by atoms with Crippen LogP contribution in [0.1, 0.15) is 40.4 Å². The molecular formula is C12H14N2O2S. The molecule has 0 bridgehead atoms. The Hall–Kier alpha value is -1.62. The van der Waals surface area contributed by atoms with E-state index in [1.165, 1.54) is 11.3 Å². The molecular weight excluding hydrogens is 236 g/mol. The molecule has 17 heavy (non-hydrogen) atoms. The number of aromatic nitrogens is 2. The number of aromatic carboxylic acids is 1. The number of hydrogen-bond acceptors (Lipinski definition) is 3. The van der Waals surface area contributed by atoms with Crippen LogP contribution in [0.15, 0.2) is 30.9 Å². The zero-order valence-electron chi connectivity index (χ0n) is 9.54. The number of hydrogen-bond donors (Lipinski definition) is 1. The monoisotopic (exact) mass is 250 g/mol. The van der Waals surface area contributed by atoms with Gasteiger partial charge in [-0.05, 0) is 18.6 Å². The van der Waals surface area contributed by atoms with Crippen LogP contribution in [0.2, 0.25) is 0 Å². The summed E-state index contributed by atoms with van der Waals surface area (Å²) in [6, 6.07) is 3.76. The van der Waals surface area contributed by atoms with Gasteiger partial charge in [-0.25, -0.2) is 9.78 Å². The van der Waals surface area contributed by atoms with Gasteiger partial charge in [0.1, 0.15) is 4.88 Å². The number of thiophene rings is 1. The molecule has 0 saturated carbocycles. The first-order valence-electron chi connectivity index (χ1n) is 5.53. The van der Waals surface area contributed by atoms with Gasteiger partial charge in [-0.15, -0.1) is 11.3 Å². The summed E-state index contributed by atoms with van der Waals surface area (Å²) in [6.07, 6.45) is 7.47. The average molecular weight is 250 g/mol. The van der Waals surface area contributed by atoms with Gasteiger partial charge in [-0.1, -0.05) is 13.3 Å². The van der Waals surface area contributed by atoms with Gasteiger partial charge in [-0.2, -0.15) is 0 Å². The molecule has 2 heterocycles. The normalized spacial score (nSPS) is 12.5. The molecule has 0 radical (unpaired) electrons. The highest BCUT2D eigenvalue weighted by Gasteiger charge is 2.16. The summed E-state index contributed by atoms with van der Waals surface area (Å²) in [7, 11) is 0. The Morgan fingerprint density at radius 1 is 1.59 bits per heavy atom. The molecule has 90 valence electrons. The van der Waals surface area contributed by atoms with Crippen molar-refractivity contribution in [3.05, 3.63) is 40.6 Å². The fraction of sp³-hybridized carbons (Fsp3) is 0.333. The summed E-state index contributed by atoms with van der Waals surface area (Å²) in [5.74, 6) is -0.859. The number of carbonyl (C=O) groups is 1. The zero-order valence-corrected chi connectivity index (χ0v) is 10.4. The number of carboxylic acids is 1. The van der Waals surface area contributed by atoms with E-state index in [-0.39, 0.29) is 6.04 Å². The van der Waals surface area contributed by atoms with Crippen LogP contribution in [-0.2, 0) is 0 Å². The number of nitrogens with zero attached hydrogens (tertiary/aromatic N) is 2. The third-order valence-corrected chi connectivity index (χ3v) is 3.79. The molecule has 4 nitrogen and oxygen atoms in total. The summed E-state index contributed by atoms with van der Waals surface area (Å²) < 4.78 is 2.03. The van der Waals surface area contributed by atoms with Crippen molar-refractivity contribution in [3.63, 3.8) is 0 Å². The van der Waals surface area contributed by atoms with Gasteiger partial charge in [-0.3, -0.25) is 0 Å². The third-order valence-electron chi connectivity index (χ3n) is 2.61. The van der Waals surface area contributed by atoms with E-state index in [1.807, 2.05) is 16.8 Å². The first kappa shape index (κ1) is 11.9. The lowest BCUT2D eigenvalue weighted by atomic mass is 10.1. The molecule has 0 aromatic carbocycles. The lowest BCUT2D eigenvalue weighted by molar-refractivity contribution is 0.0702. The second kappa shape index (κ2) is 5.14. The lowest BCUT2D eigenvalue weighted by Crippen LogP contribution is -2.06. The largest absolute Gasteiger partial charge is 0.477 e. The molecule has 1 atom stereocenters. The summed E-state index contributed by atoms with van der Waals surface area (Å²) in [4.78, 5) is 16.4. The smallest absolute Gasteiger partial charge is 0.345 e. The molecule has 0 spiro atoms. The molecule has 0 aliphatic carbocycles. The van der Waals surface area contributed by atoms with Crippen molar-refractivity contribution < 1.29 is 9.90 Å². The van der Waals surface area contributed by atoms with Crippen molar-refractivity contribution in [1.82, 2.24) is 9.55 Å². The molecule has 0 amide bonds. The minimum Gasteiger partial charge on any atom is -0.477 e. The molecule has 2 rings (SSSR count). The summed E-state index contributed by atoms with van der Waals surface area (Å²) >= 11 is 1.34. The van der Waals surface area contributed by atoms with E-state index in [2.05, 4.69) is 11.9 Å². The highest BCUT2D eigenvalue weighted by atomic mass is 32.1. The summed E-state index contributed by atoms with van der Waals surface area (Å²) in [5.41, 5.74) is 0. The van der Waals surface area contributed by atoms with Crippen molar-refractivity contribution in [3.8, 4) is 0 Å². The Morgan fingerprint density at radius 2 is 2.41 bits per heavy atom. The van der Waals surface area contributed by atoms with Crippen LogP contribution in [0.5, 0.6) is 0 Å². The van der Waals surface area contributed by atoms with Crippen molar-refractivity contribution in [1.29, 1.82) is 0 Å². The Kier molecular flexibility index (Phi) is 3.58. The molecule has 2 aromatic heterocycles. The van der Waals surface area contributed by atoms with Crippen molar-refractivity contribution in [2.75, 3.05) is 0 Å². The van der Waals surface area contributed by atoms with Crippen LogP contribution in [0.25, 0.3) is 0 Å². The Morgan fingerprint density at radius 3 is 2.94 bits per heavy atom. The van der Waals surface area contributed by atoms with E-state index in [4.69, 9.17) is 5.11 Å². The molecule has 1 N–H and O–H groups in total. The predicted molar refractivity (Wildman–Crippen MR) is 66.6 cm³/mol. The van der Waals surface area contributed by atoms with Crippen LogP contribution in [-0.4, -0.2) is 20.6 Å².